The van der Waals surface area contributed by atoms with Crippen molar-refractivity contribution >= 4 is 11.4 Å². The van der Waals surface area contributed by atoms with Crippen LogP contribution in [0.4, 0.5) is 11.4 Å². The number of benzene rings is 1. The van der Waals surface area contributed by atoms with Gasteiger partial charge in [-0.15, -0.1) is 0 Å². The summed E-state index contributed by atoms with van der Waals surface area (Å²) in [5, 5.41) is 3.37. The molecule has 0 amide bonds. The zero-order chi connectivity index (χ0) is 7.40. The van der Waals surface area contributed by atoms with E-state index < -0.39 is 0 Å². The van der Waals surface area contributed by atoms with E-state index in [1.165, 1.54) is 0 Å². The average molecular weight is 134 g/mol. The van der Waals surface area contributed by atoms with Gasteiger partial charge in [0, 0.05) is 16.3 Å². The third kappa shape index (κ3) is 1.40. The number of nitrogens with two attached hydrogens (primary N) is 1. The van der Waals surface area contributed by atoms with Crippen LogP contribution in [0, 0.1) is 0 Å². The summed E-state index contributed by atoms with van der Waals surface area (Å²) in [6.45, 7) is 0. The van der Waals surface area contributed by atoms with Crippen LogP contribution >= 0.6 is 0 Å². The van der Waals surface area contributed by atoms with Crippen LogP contribution < -0.4 is 5.73 Å². The molecule has 1 aromatic carbocycles. The van der Waals surface area contributed by atoms with Gasteiger partial charge in [-0.1, -0.05) is 17.2 Å². The van der Waals surface area contributed by atoms with Crippen LogP contribution in [-0.2, 0) is 0 Å². The predicted molar refractivity (Wildman–Crippen MR) is 39.7 cm³/mol. The van der Waals surface area contributed by atoms with Crippen molar-refractivity contribution in [1.82, 2.24) is 0 Å². The molecule has 0 bridgehead atoms. The third-order valence-electron chi connectivity index (χ3n) is 1.05. The molecule has 4 nitrogen and oxygen atoms in total. The lowest BCUT2D eigenvalue weighted by molar-refractivity contribution is 1.48. The fourth-order valence-electron chi connectivity index (χ4n) is 0.593. The molecule has 0 heterocycles. The van der Waals surface area contributed by atoms with E-state index in [9.17, 15) is 0 Å². The Morgan fingerprint density at radius 2 is 1.90 bits per heavy atom. The molecule has 2 N–H and O–H groups in total. The maximum absolute atomic E-state index is 8.02. The minimum absolute atomic E-state index is 0.580. The molecule has 4 heteroatoms. The second kappa shape index (κ2) is 2.75. The summed E-state index contributed by atoms with van der Waals surface area (Å²) >= 11 is 0. The molecule has 0 aromatic heterocycles. The summed E-state index contributed by atoms with van der Waals surface area (Å²) in [5.74, 6) is 0. The van der Waals surface area contributed by atoms with Gasteiger partial charge in [0.15, 0.2) is 0 Å². The minimum Gasteiger partial charge on any atom is -0.399 e. The summed E-state index contributed by atoms with van der Waals surface area (Å²) in [7, 11) is 0. The first-order valence-corrected chi connectivity index (χ1v) is 2.73. The Kier molecular flexibility index (Phi) is 1.78. The molecule has 0 spiro atoms. The Labute approximate surface area is 57.9 Å². The van der Waals surface area contributed by atoms with Gasteiger partial charge in [0.2, 0.25) is 0 Å². The summed E-state index contributed by atoms with van der Waals surface area (Å²) in [4.78, 5) is 2.62. The minimum atomic E-state index is 0.580. The Balaban J connectivity index is 3.00. The molecule has 0 aliphatic heterocycles. The zero-order valence-electron chi connectivity index (χ0n) is 5.23. The molecule has 0 aliphatic rings. The standard InChI is InChI=1S/C6H6N4/c7-5-1-3-6(4-2-5)9-10-8/h1-4H,7H2. The zero-order valence-corrected chi connectivity index (χ0v) is 5.23. The molecule has 0 radical (unpaired) electrons. The number of azide groups is 1. The van der Waals surface area contributed by atoms with Crippen LogP contribution in [0.2, 0.25) is 0 Å². The van der Waals surface area contributed by atoms with Gasteiger partial charge in [0.25, 0.3) is 0 Å². The molecule has 10 heavy (non-hydrogen) atoms. The fourth-order valence-corrected chi connectivity index (χ4v) is 0.593. The van der Waals surface area contributed by atoms with Gasteiger partial charge < -0.3 is 5.73 Å². The molecule has 1 rings (SSSR count). The Hall–Kier alpha value is -1.67. The molecule has 0 aliphatic carbocycles. The maximum Gasteiger partial charge on any atom is 0.0376 e. The maximum atomic E-state index is 8.02. The number of nitrogen functional groups attached to an aromatic ring is 1. The highest BCUT2D eigenvalue weighted by molar-refractivity contribution is 5.47. The first kappa shape index (κ1) is 6.45. The van der Waals surface area contributed by atoms with Crippen LogP contribution in [0.5, 0.6) is 0 Å². The SMILES string of the molecule is [N-]=[N+]=Nc1ccc(N)cc1. The van der Waals surface area contributed by atoms with Gasteiger partial charge in [-0.25, -0.2) is 0 Å². The van der Waals surface area contributed by atoms with Gasteiger partial charge in [-0.3, -0.25) is 0 Å². The van der Waals surface area contributed by atoms with E-state index in [0.29, 0.717) is 11.4 Å². The van der Waals surface area contributed by atoms with Crippen molar-refractivity contribution in [1.29, 1.82) is 0 Å². The van der Waals surface area contributed by atoms with Crippen molar-refractivity contribution in [3.8, 4) is 0 Å². The van der Waals surface area contributed by atoms with Gasteiger partial charge in [0.05, 0.1) is 0 Å². The summed E-state index contributed by atoms with van der Waals surface area (Å²) < 4.78 is 0. The van der Waals surface area contributed by atoms with E-state index >= 15 is 0 Å². The molecule has 0 saturated carbocycles. The molecule has 50 valence electrons. The lowest BCUT2D eigenvalue weighted by Crippen LogP contribution is -1.80. The fraction of sp³-hybridized carbons (Fsp3) is 0. The van der Waals surface area contributed by atoms with Gasteiger partial charge in [0.1, 0.15) is 0 Å². The molecular formula is C6H6N4. The van der Waals surface area contributed by atoms with Crippen molar-refractivity contribution < 1.29 is 0 Å². The highest BCUT2D eigenvalue weighted by atomic mass is 15.1. The highest BCUT2D eigenvalue weighted by Gasteiger charge is 1.84. The predicted octanol–water partition coefficient (Wildman–Crippen LogP) is 2.21. The lowest BCUT2D eigenvalue weighted by Gasteiger charge is -1.90. The largest absolute Gasteiger partial charge is 0.399 e. The first-order valence-electron chi connectivity index (χ1n) is 2.73. The molecule has 0 fully saturated rings. The number of hydrogen-bond donors (Lipinski definition) is 1. The number of anilines is 1. The lowest BCUT2D eigenvalue weighted by atomic mass is 10.3. The quantitative estimate of drug-likeness (QED) is 0.272. The van der Waals surface area contributed by atoms with Crippen molar-refractivity contribution in [3.05, 3.63) is 34.7 Å². The second-order valence-corrected chi connectivity index (χ2v) is 1.78. The van der Waals surface area contributed by atoms with Gasteiger partial charge >= 0.3 is 0 Å². The average Bonchev–Trinajstić information content (AvgIpc) is 1.95. The van der Waals surface area contributed by atoms with Crippen LogP contribution in [0.1, 0.15) is 0 Å². The van der Waals surface area contributed by atoms with Crippen LogP contribution in [-0.4, -0.2) is 0 Å². The highest BCUT2D eigenvalue weighted by Crippen LogP contribution is 2.13. The monoisotopic (exact) mass is 134 g/mol. The Morgan fingerprint density at radius 3 is 2.40 bits per heavy atom. The molecule has 0 saturated heterocycles. The summed E-state index contributed by atoms with van der Waals surface area (Å²) in [6.07, 6.45) is 0. The molecule has 0 atom stereocenters. The Morgan fingerprint density at radius 1 is 1.30 bits per heavy atom. The third-order valence-corrected chi connectivity index (χ3v) is 1.05. The van der Waals surface area contributed by atoms with Crippen molar-refractivity contribution in [2.45, 2.75) is 0 Å². The number of rotatable bonds is 1. The topological polar surface area (TPSA) is 74.8 Å². The van der Waals surface area contributed by atoms with E-state index in [4.69, 9.17) is 11.3 Å². The normalized spacial score (nSPS) is 8.40. The van der Waals surface area contributed by atoms with Gasteiger partial charge in [-0.2, -0.15) is 0 Å². The first-order chi connectivity index (χ1) is 4.83. The molecule has 0 unspecified atom stereocenters. The van der Waals surface area contributed by atoms with Crippen LogP contribution in [0.15, 0.2) is 29.4 Å². The smallest absolute Gasteiger partial charge is 0.0376 e. The number of nitrogens with zero attached hydrogens (tertiary/aromatic N) is 3. The second-order valence-electron chi connectivity index (χ2n) is 1.78. The van der Waals surface area contributed by atoms with Crippen LogP contribution in [0.25, 0.3) is 10.4 Å². The van der Waals surface area contributed by atoms with E-state index in [1.807, 2.05) is 0 Å². The van der Waals surface area contributed by atoms with Crippen molar-refractivity contribution in [3.63, 3.8) is 0 Å². The van der Waals surface area contributed by atoms with E-state index in [1.54, 1.807) is 24.3 Å². The molecular weight excluding hydrogens is 128 g/mol. The summed E-state index contributed by atoms with van der Waals surface area (Å²) in [5.41, 5.74) is 14.6. The van der Waals surface area contributed by atoms with E-state index in [0.717, 1.165) is 0 Å². The Bertz CT molecular complexity index is 258. The van der Waals surface area contributed by atoms with E-state index in [2.05, 4.69) is 10.0 Å². The van der Waals surface area contributed by atoms with Crippen molar-refractivity contribution in [2.75, 3.05) is 5.73 Å². The van der Waals surface area contributed by atoms with Crippen molar-refractivity contribution in [2.24, 2.45) is 5.11 Å². The summed E-state index contributed by atoms with van der Waals surface area (Å²) in [6, 6.07) is 6.69. The van der Waals surface area contributed by atoms with E-state index in [-0.39, 0.29) is 0 Å². The van der Waals surface area contributed by atoms with Gasteiger partial charge in [-0.05, 0) is 17.7 Å². The van der Waals surface area contributed by atoms with Crippen LogP contribution in [0.3, 0.4) is 0 Å². The number of hydrogen-bond acceptors (Lipinski definition) is 2. The molecule has 1 aromatic rings.